The molecule has 0 aromatic carbocycles. The first-order valence-corrected chi connectivity index (χ1v) is 16.1. The van der Waals surface area contributed by atoms with Crippen LogP contribution in [-0.4, -0.2) is 57.3 Å². The summed E-state index contributed by atoms with van der Waals surface area (Å²) in [4.78, 5) is 12.3. The number of hydrogen-bond donors (Lipinski definition) is 5. The lowest BCUT2D eigenvalue weighted by Gasteiger charge is -2.27. The maximum absolute atomic E-state index is 12.3. The predicted molar refractivity (Wildman–Crippen MR) is 159 cm³/mol. The second kappa shape index (κ2) is 27.6. The molecule has 4 unspecified atom stereocenters. The molecule has 226 valence electrons. The number of aliphatic hydroxyl groups excluding tert-OH is 4. The topological polar surface area (TPSA) is 110 Å². The summed E-state index contributed by atoms with van der Waals surface area (Å²) in [6.45, 7) is 3.95. The number of aliphatic hydroxyl groups is 4. The summed E-state index contributed by atoms with van der Waals surface area (Å²) in [6, 6.07) is -0.982. The van der Waals surface area contributed by atoms with Gasteiger partial charge in [-0.25, -0.2) is 0 Å². The number of allylic oxidation sites excluding steroid dienone is 2. The highest BCUT2D eigenvalue weighted by molar-refractivity contribution is 5.80. The minimum atomic E-state index is -1.25. The smallest absolute Gasteiger partial charge is 0.249 e. The molecule has 0 saturated heterocycles. The van der Waals surface area contributed by atoms with Gasteiger partial charge in [0.1, 0.15) is 12.2 Å². The van der Waals surface area contributed by atoms with Crippen molar-refractivity contribution in [3.05, 3.63) is 12.2 Å². The van der Waals surface area contributed by atoms with E-state index in [1.54, 1.807) is 0 Å². The minimum Gasteiger partial charge on any atom is -0.394 e. The van der Waals surface area contributed by atoms with Crippen LogP contribution in [0.2, 0.25) is 0 Å². The van der Waals surface area contributed by atoms with E-state index in [1.807, 2.05) is 0 Å². The summed E-state index contributed by atoms with van der Waals surface area (Å²) in [5, 5.41) is 43.0. The van der Waals surface area contributed by atoms with Crippen LogP contribution >= 0.6 is 0 Å². The fourth-order valence-electron chi connectivity index (χ4n) is 4.81. The second-order valence-corrected chi connectivity index (χ2v) is 11.2. The third kappa shape index (κ3) is 21.9. The molecule has 0 aliphatic rings. The van der Waals surface area contributed by atoms with Gasteiger partial charge in [-0.05, 0) is 38.5 Å². The standard InChI is InChI=1S/C32H63NO5/c1-3-5-7-9-11-12-13-14-15-16-17-18-20-22-24-26-30(36)32(38)33-28(27-34)31(37)29(35)25-23-21-19-10-8-6-4-2/h15-16,28-31,34-37H,3-14,17-27H2,1-2H3,(H,33,38)/b16-15-. The number of carbonyl (C=O) groups excluding carboxylic acids is 1. The van der Waals surface area contributed by atoms with Crippen LogP contribution < -0.4 is 5.32 Å². The molecule has 0 bridgehead atoms. The third-order valence-corrected chi connectivity index (χ3v) is 7.48. The number of unbranched alkanes of at least 4 members (excludes halogenated alkanes) is 17. The first kappa shape index (κ1) is 37.0. The molecule has 6 nitrogen and oxygen atoms in total. The largest absolute Gasteiger partial charge is 0.394 e. The molecule has 0 aliphatic carbocycles. The van der Waals surface area contributed by atoms with Crippen molar-refractivity contribution in [3.8, 4) is 0 Å². The first-order chi connectivity index (χ1) is 18.5. The lowest BCUT2D eigenvalue weighted by Crippen LogP contribution is -2.53. The van der Waals surface area contributed by atoms with E-state index < -0.39 is 36.9 Å². The van der Waals surface area contributed by atoms with Crippen molar-refractivity contribution < 1.29 is 25.2 Å². The molecule has 0 radical (unpaired) electrons. The van der Waals surface area contributed by atoms with Crippen LogP contribution in [0.1, 0.15) is 155 Å². The van der Waals surface area contributed by atoms with E-state index in [-0.39, 0.29) is 0 Å². The Morgan fingerprint density at radius 2 is 1.05 bits per heavy atom. The number of rotatable bonds is 28. The maximum atomic E-state index is 12.3. The van der Waals surface area contributed by atoms with Crippen LogP contribution in [0, 0.1) is 0 Å². The van der Waals surface area contributed by atoms with E-state index >= 15 is 0 Å². The average molecular weight is 542 g/mol. The van der Waals surface area contributed by atoms with E-state index in [1.165, 1.54) is 77.0 Å². The van der Waals surface area contributed by atoms with Gasteiger partial charge in [0.05, 0.1) is 18.8 Å². The lowest BCUT2D eigenvalue weighted by atomic mass is 9.99. The Bertz CT molecular complexity index is 542. The molecule has 0 aromatic rings. The normalized spacial score (nSPS) is 15.0. The number of nitrogens with one attached hydrogen (secondary N) is 1. The quantitative estimate of drug-likeness (QED) is 0.0557. The Morgan fingerprint density at radius 3 is 1.53 bits per heavy atom. The minimum absolute atomic E-state index is 0.356. The zero-order chi connectivity index (χ0) is 28.3. The van der Waals surface area contributed by atoms with Gasteiger partial charge in [0.25, 0.3) is 0 Å². The van der Waals surface area contributed by atoms with Crippen LogP contribution in [0.15, 0.2) is 12.2 Å². The number of hydrogen-bond acceptors (Lipinski definition) is 5. The summed E-state index contributed by atoms with van der Waals surface area (Å²) in [7, 11) is 0. The Hall–Kier alpha value is -0.950. The Labute approximate surface area is 234 Å². The van der Waals surface area contributed by atoms with E-state index in [0.717, 1.165) is 51.4 Å². The average Bonchev–Trinajstić information content (AvgIpc) is 2.92. The molecule has 0 spiro atoms. The van der Waals surface area contributed by atoms with Gasteiger partial charge in [0.15, 0.2) is 0 Å². The van der Waals surface area contributed by atoms with Gasteiger partial charge in [-0.15, -0.1) is 0 Å². The molecular weight excluding hydrogens is 478 g/mol. The van der Waals surface area contributed by atoms with Crippen LogP contribution in [0.3, 0.4) is 0 Å². The van der Waals surface area contributed by atoms with Crippen LogP contribution in [0.25, 0.3) is 0 Å². The highest BCUT2D eigenvalue weighted by atomic mass is 16.3. The lowest BCUT2D eigenvalue weighted by molar-refractivity contribution is -0.132. The zero-order valence-electron chi connectivity index (χ0n) is 24.9. The van der Waals surface area contributed by atoms with Gasteiger partial charge in [0.2, 0.25) is 5.91 Å². The summed E-state index contributed by atoms with van der Waals surface area (Å²) in [5.74, 6) is -0.598. The van der Waals surface area contributed by atoms with Crippen molar-refractivity contribution in [2.45, 2.75) is 179 Å². The van der Waals surface area contributed by atoms with Crippen molar-refractivity contribution in [2.24, 2.45) is 0 Å². The summed E-state index contributed by atoms with van der Waals surface area (Å²) < 4.78 is 0. The molecule has 0 saturated carbocycles. The van der Waals surface area contributed by atoms with Crippen molar-refractivity contribution in [1.29, 1.82) is 0 Å². The van der Waals surface area contributed by atoms with Crippen molar-refractivity contribution in [2.75, 3.05) is 6.61 Å². The number of amides is 1. The van der Waals surface area contributed by atoms with Gasteiger partial charge < -0.3 is 25.7 Å². The van der Waals surface area contributed by atoms with Gasteiger partial charge in [-0.3, -0.25) is 4.79 Å². The van der Waals surface area contributed by atoms with Crippen molar-refractivity contribution in [1.82, 2.24) is 5.32 Å². The molecule has 6 heteroatoms. The SMILES string of the molecule is CCCCCCCCC/C=C\CCCCCCC(O)C(=O)NC(CO)C(O)C(O)CCCCCCCCC. The van der Waals surface area contributed by atoms with Crippen molar-refractivity contribution in [3.63, 3.8) is 0 Å². The van der Waals surface area contributed by atoms with Crippen molar-refractivity contribution >= 4 is 5.91 Å². The Morgan fingerprint density at radius 1 is 0.632 bits per heavy atom. The first-order valence-electron chi connectivity index (χ1n) is 16.1. The van der Waals surface area contributed by atoms with Crippen LogP contribution in [0.4, 0.5) is 0 Å². The molecule has 5 N–H and O–H groups in total. The molecule has 0 heterocycles. The second-order valence-electron chi connectivity index (χ2n) is 11.2. The highest BCUT2D eigenvalue weighted by Gasteiger charge is 2.28. The zero-order valence-corrected chi connectivity index (χ0v) is 24.9. The van der Waals surface area contributed by atoms with Gasteiger partial charge in [-0.2, -0.15) is 0 Å². The fourth-order valence-corrected chi connectivity index (χ4v) is 4.81. The maximum Gasteiger partial charge on any atom is 0.249 e. The predicted octanol–water partition coefficient (Wildman–Crippen LogP) is 6.72. The van der Waals surface area contributed by atoms with Gasteiger partial charge >= 0.3 is 0 Å². The Kier molecular flexibility index (Phi) is 26.9. The van der Waals surface area contributed by atoms with Gasteiger partial charge in [-0.1, -0.05) is 129 Å². The fraction of sp³-hybridized carbons (Fsp3) is 0.906. The van der Waals surface area contributed by atoms with Crippen LogP contribution in [-0.2, 0) is 4.79 Å². The molecule has 0 aliphatic heterocycles. The molecule has 0 rings (SSSR count). The molecule has 38 heavy (non-hydrogen) atoms. The summed E-state index contributed by atoms with van der Waals surface area (Å²) >= 11 is 0. The molecule has 1 amide bonds. The molecule has 4 atom stereocenters. The summed E-state index contributed by atoms with van der Waals surface area (Å²) in [6.07, 6.45) is 25.3. The van der Waals surface area contributed by atoms with E-state index in [0.29, 0.717) is 12.8 Å². The highest BCUT2D eigenvalue weighted by Crippen LogP contribution is 2.14. The van der Waals surface area contributed by atoms with Gasteiger partial charge in [0, 0.05) is 0 Å². The molecule has 0 fully saturated rings. The van der Waals surface area contributed by atoms with E-state index in [4.69, 9.17) is 0 Å². The monoisotopic (exact) mass is 541 g/mol. The third-order valence-electron chi connectivity index (χ3n) is 7.48. The van der Waals surface area contributed by atoms with E-state index in [2.05, 4.69) is 31.3 Å². The van der Waals surface area contributed by atoms with Crippen LogP contribution in [0.5, 0.6) is 0 Å². The number of carbonyl (C=O) groups is 1. The summed E-state index contributed by atoms with van der Waals surface area (Å²) in [5.41, 5.74) is 0. The van der Waals surface area contributed by atoms with E-state index in [9.17, 15) is 25.2 Å². The Balaban J connectivity index is 3.87. The molecule has 0 aromatic heterocycles. The molecular formula is C32H63NO5.